The third kappa shape index (κ3) is 3.64. The lowest BCUT2D eigenvalue weighted by atomic mass is 10.1. The number of rotatable bonds is 5. The topological polar surface area (TPSA) is 34.1 Å². The van der Waals surface area contributed by atoms with Gasteiger partial charge in [0.05, 0.1) is 24.7 Å². The molecular formula is C16H19ClN2O. The molecule has 4 heteroatoms. The van der Waals surface area contributed by atoms with Gasteiger partial charge in [-0.25, -0.2) is 0 Å². The zero-order chi connectivity index (χ0) is 14.5. The van der Waals surface area contributed by atoms with Gasteiger partial charge in [0.1, 0.15) is 5.75 Å². The Labute approximate surface area is 124 Å². The summed E-state index contributed by atoms with van der Waals surface area (Å²) in [7, 11) is 1.66. The van der Waals surface area contributed by atoms with E-state index >= 15 is 0 Å². The van der Waals surface area contributed by atoms with E-state index in [2.05, 4.69) is 10.3 Å². The summed E-state index contributed by atoms with van der Waals surface area (Å²) in [5.74, 6) is 0.827. The molecule has 1 unspecified atom stereocenters. The third-order valence-electron chi connectivity index (χ3n) is 3.06. The lowest BCUT2D eigenvalue weighted by molar-refractivity contribution is 0.413. The first-order valence-electron chi connectivity index (χ1n) is 6.58. The van der Waals surface area contributed by atoms with Crippen molar-refractivity contribution in [1.29, 1.82) is 0 Å². The minimum Gasteiger partial charge on any atom is -0.497 e. The lowest BCUT2D eigenvalue weighted by Gasteiger charge is -2.14. The maximum Gasteiger partial charge on any atom is 0.122 e. The van der Waals surface area contributed by atoms with Crippen molar-refractivity contribution in [2.45, 2.75) is 25.8 Å². The van der Waals surface area contributed by atoms with Crippen LogP contribution in [0.1, 0.15) is 29.3 Å². The monoisotopic (exact) mass is 290 g/mol. The summed E-state index contributed by atoms with van der Waals surface area (Å²) < 4.78 is 5.26. The van der Waals surface area contributed by atoms with E-state index in [-0.39, 0.29) is 5.38 Å². The molecule has 0 bridgehead atoms. The Bertz CT molecular complexity index is 584. The largest absolute Gasteiger partial charge is 0.497 e. The third-order valence-corrected chi connectivity index (χ3v) is 3.30. The number of methoxy groups -OCH3 is 1. The average molecular weight is 291 g/mol. The molecule has 0 saturated carbocycles. The Morgan fingerprint density at radius 3 is 2.75 bits per heavy atom. The highest BCUT2D eigenvalue weighted by atomic mass is 35.5. The molecule has 106 valence electrons. The molecule has 1 N–H and O–H groups in total. The average Bonchev–Trinajstić information content (AvgIpc) is 2.44. The Balaban J connectivity index is 2.15. The number of nitrogens with one attached hydrogen (secondary N) is 1. The summed E-state index contributed by atoms with van der Waals surface area (Å²) in [6, 6.07) is 11.9. The van der Waals surface area contributed by atoms with Crippen molar-refractivity contribution in [3.8, 4) is 5.75 Å². The van der Waals surface area contributed by atoms with Gasteiger partial charge in [0.15, 0.2) is 0 Å². The number of nitrogens with zero attached hydrogens (tertiary/aromatic N) is 1. The number of alkyl halides is 1. The van der Waals surface area contributed by atoms with Crippen LogP contribution < -0.4 is 10.1 Å². The Hall–Kier alpha value is -1.74. The second-order valence-corrected chi connectivity index (χ2v) is 5.35. The number of anilines is 1. The number of benzene rings is 1. The molecule has 1 aromatic heterocycles. The van der Waals surface area contributed by atoms with Crippen LogP contribution in [0, 0.1) is 6.92 Å². The van der Waals surface area contributed by atoms with E-state index in [4.69, 9.17) is 16.3 Å². The predicted molar refractivity (Wildman–Crippen MR) is 83.6 cm³/mol. The molecule has 1 atom stereocenters. The molecule has 0 fully saturated rings. The fraction of sp³-hybridized carbons (Fsp3) is 0.312. The van der Waals surface area contributed by atoms with E-state index in [1.54, 1.807) is 7.11 Å². The number of halogens is 1. The normalized spacial score (nSPS) is 12.0. The molecule has 0 aliphatic rings. The summed E-state index contributed by atoms with van der Waals surface area (Å²) in [4.78, 5) is 4.50. The van der Waals surface area contributed by atoms with Crippen molar-refractivity contribution in [3.63, 3.8) is 0 Å². The van der Waals surface area contributed by atoms with Crippen LogP contribution in [0.15, 0.2) is 36.4 Å². The van der Waals surface area contributed by atoms with Crippen molar-refractivity contribution >= 4 is 17.3 Å². The van der Waals surface area contributed by atoms with Crippen LogP contribution in [-0.4, -0.2) is 12.1 Å². The SMILES string of the molecule is COc1cc(C)nc(CNc2ccccc2C(C)Cl)c1. The van der Waals surface area contributed by atoms with Crippen molar-refractivity contribution in [3.05, 3.63) is 53.3 Å². The van der Waals surface area contributed by atoms with Crippen LogP contribution in [0.3, 0.4) is 0 Å². The van der Waals surface area contributed by atoms with Gasteiger partial charge in [0.25, 0.3) is 0 Å². The van der Waals surface area contributed by atoms with Gasteiger partial charge in [-0.1, -0.05) is 18.2 Å². The van der Waals surface area contributed by atoms with E-state index in [0.717, 1.165) is 28.4 Å². The molecule has 20 heavy (non-hydrogen) atoms. The number of pyridine rings is 1. The first kappa shape index (κ1) is 14.7. The first-order chi connectivity index (χ1) is 9.60. The summed E-state index contributed by atoms with van der Waals surface area (Å²) >= 11 is 6.19. The molecule has 1 heterocycles. The second kappa shape index (κ2) is 6.62. The van der Waals surface area contributed by atoms with Gasteiger partial charge in [0.2, 0.25) is 0 Å². The first-order valence-corrected chi connectivity index (χ1v) is 7.02. The van der Waals surface area contributed by atoms with Gasteiger partial charge >= 0.3 is 0 Å². The van der Waals surface area contributed by atoms with Crippen molar-refractivity contribution in [1.82, 2.24) is 4.98 Å². The Morgan fingerprint density at radius 1 is 1.30 bits per heavy atom. The zero-order valence-electron chi connectivity index (χ0n) is 12.0. The van der Waals surface area contributed by atoms with E-state index in [1.807, 2.05) is 50.2 Å². The summed E-state index contributed by atoms with van der Waals surface area (Å²) in [6.45, 7) is 4.56. The molecule has 0 amide bonds. The fourth-order valence-electron chi connectivity index (χ4n) is 2.10. The van der Waals surface area contributed by atoms with Gasteiger partial charge in [-0.05, 0) is 25.5 Å². The van der Waals surface area contributed by atoms with Crippen LogP contribution in [0.5, 0.6) is 5.75 Å². The van der Waals surface area contributed by atoms with Gasteiger partial charge in [-0.2, -0.15) is 0 Å². The van der Waals surface area contributed by atoms with Gasteiger partial charge in [-0.3, -0.25) is 4.98 Å². The Kier molecular flexibility index (Phi) is 4.85. The summed E-state index contributed by atoms with van der Waals surface area (Å²) in [5.41, 5.74) is 4.02. The molecule has 2 aromatic rings. The summed E-state index contributed by atoms with van der Waals surface area (Å²) in [6.07, 6.45) is 0. The van der Waals surface area contributed by atoms with Crippen molar-refractivity contribution in [2.24, 2.45) is 0 Å². The van der Waals surface area contributed by atoms with Crippen LogP contribution in [0.2, 0.25) is 0 Å². The molecule has 0 saturated heterocycles. The van der Waals surface area contributed by atoms with Gasteiger partial charge < -0.3 is 10.1 Å². The second-order valence-electron chi connectivity index (χ2n) is 4.70. The van der Waals surface area contributed by atoms with Gasteiger partial charge in [0, 0.05) is 23.5 Å². The van der Waals surface area contributed by atoms with Crippen LogP contribution in [0.25, 0.3) is 0 Å². The molecule has 1 aromatic carbocycles. The highest BCUT2D eigenvalue weighted by Crippen LogP contribution is 2.27. The summed E-state index contributed by atoms with van der Waals surface area (Å²) in [5, 5.41) is 3.36. The highest BCUT2D eigenvalue weighted by molar-refractivity contribution is 6.21. The predicted octanol–water partition coefficient (Wildman–Crippen LogP) is 4.31. The van der Waals surface area contributed by atoms with E-state index in [1.165, 1.54) is 0 Å². The minimum absolute atomic E-state index is 0.0290. The van der Waals surface area contributed by atoms with E-state index < -0.39 is 0 Å². The van der Waals surface area contributed by atoms with E-state index in [9.17, 15) is 0 Å². The smallest absolute Gasteiger partial charge is 0.122 e. The zero-order valence-corrected chi connectivity index (χ0v) is 12.7. The van der Waals surface area contributed by atoms with Gasteiger partial charge in [-0.15, -0.1) is 11.6 Å². The molecule has 2 rings (SSSR count). The lowest BCUT2D eigenvalue weighted by Crippen LogP contribution is -2.05. The highest BCUT2D eigenvalue weighted by Gasteiger charge is 2.07. The van der Waals surface area contributed by atoms with Crippen LogP contribution in [-0.2, 0) is 6.54 Å². The quantitative estimate of drug-likeness (QED) is 0.833. The molecule has 0 aliphatic carbocycles. The number of ether oxygens (including phenoxy) is 1. The number of hydrogen-bond acceptors (Lipinski definition) is 3. The maximum absolute atomic E-state index is 6.19. The number of para-hydroxylation sites is 1. The minimum atomic E-state index is -0.0290. The van der Waals surface area contributed by atoms with Crippen molar-refractivity contribution in [2.75, 3.05) is 12.4 Å². The number of aromatic nitrogens is 1. The maximum atomic E-state index is 6.19. The fourth-order valence-corrected chi connectivity index (χ4v) is 2.29. The Morgan fingerprint density at radius 2 is 2.05 bits per heavy atom. The van der Waals surface area contributed by atoms with Crippen molar-refractivity contribution < 1.29 is 4.74 Å². The molecule has 0 spiro atoms. The molecule has 0 aliphatic heterocycles. The number of aryl methyl sites for hydroxylation is 1. The molecule has 0 radical (unpaired) electrons. The molecule has 3 nitrogen and oxygen atoms in total. The van der Waals surface area contributed by atoms with Crippen LogP contribution >= 0.6 is 11.6 Å². The van der Waals surface area contributed by atoms with E-state index in [0.29, 0.717) is 6.54 Å². The molecular weight excluding hydrogens is 272 g/mol. The number of hydrogen-bond donors (Lipinski definition) is 1. The standard InChI is InChI=1S/C16H19ClN2O/c1-11-8-14(20-3)9-13(19-11)10-18-16-7-5-4-6-15(16)12(2)17/h4-9,12,18H,10H2,1-3H3. The van der Waals surface area contributed by atoms with Crippen LogP contribution in [0.4, 0.5) is 5.69 Å².